The molecule has 1 aromatic rings. The molecule has 0 spiro atoms. The molecule has 0 radical (unpaired) electrons. The van der Waals surface area contributed by atoms with Gasteiger partial charge >= 0.3 is 0 Å². The molecule has 0 aliphatic heterocycles. The number of rotatable bonds is 3. The number of carbonyl (C=O) groups is 1. The van der Waals surface area contributed by atoms with E-state index in [0.717, 1.165) is 0 Å². The molecule has 0 aromatic carbocycles. The third-order valence-electron chi connectivity index (χ3n) is 1.65. The molecule has 1 rings (SSSR count). The number of nitrogens with one attached hydrogen (secondary N) is 1. The maximum absolute atomic E-state index is 10.4. The van der Waals surface area contributed by atoms with E-state index in [9.17, 15) is 4.79 Å². The Morgan fingerprint density at radius 3 is 2.85 bits per heavy atom. The predicted octanol–water partition coefficient (Wildman–Crippen LogP) is 2.01. The molecule has 3 nitrogen and oxygen atoms in total. The summed E-state index contributed by atoms with van der Waals surface area (Å²) in [5.41, 5.74) is 1.98. The van der Waals surface area contributed by atoms with Gasteiger partial charge in [-0.1, -0.05) is 19.2 Å². The highest BCUT2D eigenvalue weighted by molar-refractivity contribution is 5.83. The van der Waals surface area contributed by atoms with Crippen LogP contribution in [0, 0.1) is 11.3 Å². The van der Waals surface area contributed by atoms with E-state index in [1.165, 1.54) is 0 Å². The van der Waals surface area contributed by atoms with Crippen molar-refractivity contribution in [3.63, 3.8) is 0 Å². The number of aldehydes is 1. The van der Waals surface area contributed by atoms with Gasteiger partial charge in [0.2, 0.25) is 0 Å². The van der Waals surface area contributed by atoms with E-state index in [0.29, 0.717) is 28.8 Å². The average Bonchev–Trinajstić information content (AvgIpc) is 2.59. The topological polar surface area (TPSA) is 56.6 Å². The third kappa shape index (κ3) is 1.57. The molecule has 0 aliphatic rings. The van der Waals surface area contributed by atoms with E-state index in [1.54, 1.807) is 12.1 Å². The highest BCUT2D eigenvalue weighted by atomic mass is 16.1. The molecule has 3 heteroatoms. The van der Waals surface area contributed by atoms with Crippen molar-refractivity contribution in [2.75, 3.05) is 0 Å². The van der Waals surface area contributed by atoms with Gasteiger partial charge in [0.25, 0.3) is 0 Å². The van der Waals surface area contributed by atoms with E-state index in [2.05, 4.69) is 18.1 Å². The molecular weight excluding hydrogens is 164 g/mol. The highest BCUT2D eigenvalue weighted by Crippen LogP contribution is 2.18. The number of aromatic amines is 1. The van der Waals surface area contributed by atoms with Crippen LogP contribution in [0.2, 0.25) is 0 Å². The number of aromatic nitrogens is 1. The summed E-state index contributed by atoms with van der Waals surface area (Å²) in [7, 11) is 0. The molecular formula is C10H8N2O. The summed E-state index contributed by atoms with van der Waals surface area (Å²) in [5, 5.41) is 8.60. The maximum Gasteiger partial charge on any atom is 0.166 e. The Bertz CT molecular complexity index is 407. The van der Waals surface area contributed by atoms with Crippen LogP contribution in [0.5, 0.6) is 0 Å². The predicted molar refractivity (Wildman–Crippen MR) is 50.9 cm³/mol. The fourth-order valence-electron chi connectivity index (χ4n) is 1.02. The van der Waals surface area contributed by atoms with Gasteiger partial charge in [0.1, 0.15) is 6.07 Å². The quantitative estimate of drug-likeness (QED) is 0.560. The summed E-state index contributed by atoms with van der Waals surface area (Å²) in [6.45, 7) is 7.11. The van der Waals surface area contributed by atoms with Crippen molar-refractivity contribution < 1.29 is 4.79 Å². The fraction of sp³-hybridized carbons (Fsp3) is 0. The van der Waals surface area contributed by atoms with Crippen LogP contribution in [0.3, 0.4) is 0 Å². The summed E-state index contributed by atoms with van der Waals surface area (Å²) in [4.78, 5) is 13.2. The Kier molecular flexibility index (Phi) is 2.46. The zero-order valence-corrected chi connectivity index (χ0v) is 7.00. The first kappa shape index (κ1) is 9.01. The van der Waals surface area contributed by atoms with Gasteiger partial charge in [-0.15, -0.1) is 0 Å². The number of carbonyl (C=O) groups excluding carboxylic acids is 1. The Balaban J connectivity index is 3.28. The van der Waals surface area contributed by atoms with Gasteiger partial charge < -0.3 is 4.98 Å². The minimum Gasteiger partial charge on any atom is -0.351 e. The lowest BCUT2D eigenvalue weighted by Gasteiger charge is -1.93. The van der Waals surface area contributed by atoms with Crippen LogP contribution in [-0.4, -0.2) is 11.3 Å². The van der Waals surface area contributed by atoms with Crippen LogP contribution in [0.15, 0.2) is 19.2 Å². The maximum atomic E-state index is 10.4. The third-order valence-corrected chi connectivity index (χ3v) is 1.65. The van der Waals surface area contributed by atoms with E-state index < -0.39 is 0 Å². The number of hydrogen-bond acceptors (Lipinski definition) is 2. The lowest BCUT2D eigenvalue weighted by molar-refractivity contribution is 0.111. The number of hydrogen-bond donors (Lipinski definition) is 1. The van der Waals surface area contributed by atoms with Crippen LogP contribution in [0.1, 0.15) is 21.7 Å². The molecule has 0 saturated heterocycles. The second-order valence-corrected chi connectivity index (χ2v) is 2.47. The fourth-order valence-corrected chi connectivity index (χ4v) is 1.02. The molecule has 1 heterocycles. The Labute approximate surface area is 76.0 Å². The van der Waals surface area contributed by atoms with Gasteiger partial charge in [-0.2, -0.15) is 5.26 Å². The van der Waals surface area contributed by atoms with E-state index >= 15 is 0 Å². The Hall–Kier alpha value is -2.08. The summed E-state index contributed by atoms with van der Waals surface area (Å²) in [6.07, 6.45) is 2.25. The van der Waals surface area contributed by atoms with Crippen molar-refractivity contribution in [2.24, 2.45) is 0 Å². The molecule has 0 aliphatic carbocycles. The molecule has 0 amide bonds. The normalized spacial score (nSPS) is 8.85. The standard InChI is InChI=1S/C10H8N2O/c1-3-8-4-9(6-13)12-10(8)7(2)5-11/h3-4,6,12H,1-2H2. The molecule has 0 fully saturated rings. The Morgan fingerprint density at radius 2 is 2.38 bits per heavy atom. The van der Waals surface area contributed by atoms with Crippen LogP contribution >= 0.6 is 0 Å². The Morgan fingerprint density at radius 1 is 1.69 bits per heavy atom. The van der Waals surface area contributed by atoms with Gasteiger partial charge in [-0.05, 0) is 6.07 Å². The summed E-state index contributed by atoms with van der Waals surface area (Å²) < 4.78 is 0. The van der Waals surface area contributed by atoms with Crippen LogP contribution in [0.4, 0.5) is 0 Å². The lowest BCUT2D eigenvalue weighted by Crippen LogP contribution is -1.83. The molecule has 0 bridgehead atoms. The first-order valence-corrected chi connectivity index (χ1v) is 3.63. The first-order chi connectivity index (χ1) is 6.22. The molecule has 0 unspecified atom stereocenters. The van der Waals surface area contributed by atoms with Crippen molar-refractivity contribution in [3.8, 4) is 6.07 Å². The zero-order valence-electron chi connectivity index (χ0n) is 7.00. The SMILES string of the molecule is C=Cc1cc(C=O)[nH]c1C(=C)C#N. The molecule has 64 valence electrons. The van der Waals surface area contributed by atoms with Crippen molar-refractivity contribution in [1.29, 1.82) is 5.26 Å². The zero-order chi connectivity index (χ0) is 9.84. The van der Waals surface area contributed by atoms with Crippen LogP contribution < -0.4 is 0 Å². The minimum absolute atomic E-state index is 0.294. The van der Waals surface area contributed by atoms with Crippen molar-refractivity contribution in [1.82, 2.24) is 4.98 Å². The summed E-state index contributed by atoms with van der Waals surface area (Å²) >= 11 is 0. The molecule has 1 aromatic heterocycles. The monoisotopic (exact) mass is 172 g/mol. The van der Waals surface area contributed by atoms with E-state index in [-0.39, 0.29) is 0 Å². The molecule has 0 atom stereocenters. The van der Waals surface area contributed by atoms with Gasteiger partial charge in [-0.25, -0.2) is 0 Å². The van der Waals surface area contributed by atoms with Crippen LogP contribution in [-0.2, 0) is 0 Å². The van der Waals surface area contributed by atoms with Crippen LogP contribution in [0.25, 0.3) is 11.6 Å². The van der Waals surface area contributed by atoms with Gasteiger partial charge in [-0.3, -0.25) is 4.79 Å². The lowest BCUT2D eigenvalue weighted by atomic mass is 10.1. The summed E-state index contributed by atoms with van der Waals surface area (Å²) in [6, 6.07) is 3.53. The van der Waals surface area contributed by atoms with E-state index in [1.807, 2.05) is 6.07 Å². The first-order valence-electron chi connectivity index (χ1n) is 3.63. The summed E-state index contributed by atoms with van der Waals surface area (Å²) in [5.74, 6) is 0. The number of H-pyrrole nitrogens is 1. The average molecular weight is 172 g/mol. The second kappa shape index (κ2) is 3.55. The van der Waals surface area contributed by atoms with Gasteiger partial charge in [0.15, 0.2) is 6.29 Å². The number of nitriles is 1. The largest absolute Gasteiger partial charge is 0.351 e. The van der Waals surface area contributed by atoms with Crippen molar-refractivity contribution >= 4 is 17.9 Å². The van der Waals surface area contributed by atoms with Gasteiger partial charge in [0, 0.05) is 5.56 Å². The highest BCUT2D eigenvalue weighted by Gasteiger charge is 2.07. The molecule has 0 saturated carbocycles. The second-order valence-electron chi connectivity index (χ2n) is 2.47. The number of nitrogens with zero attached hydrogens (tertiary/aromatic N) is 1. The van der Waals surface area contributed by atoms with E-state index in [4.69, 9.17) is 5.26 Å². The minimum atomic E-state index is 0.294. The smallest absolute Gasteiger partial charge is 0.166 e. The molecule has 13 heavy (non-hydrogen) atoms. The van der Waals surface area contributed by atoms with Crippen molar-refractivity contribution in [3.05, 3.63) is 36.2 Å². The van der Waals surface area contributed by atoms with Crippen molar-refractivity contribution in [2.45, 2.75) is 0 Å². The molecule has 1 N–H and O–H groups in total. The number of allylic oxidation sites excluding steroid dienone is 1. The van der Waals surface area contributed by atoms with Gasteiger partial charge in [0.05, 0.1) is 17.0 Å².